The average molecular weight is 321 g/mol. The summed E-state index contributed by atoms with van der Waals surface area (Å²) in [4.78, 5) is 14.2. The van der Waals surface area contributed by atoms with Gasteiger partial charge in [0.05, 0.1) is 10.7 Å². The molecular weight excluding hydrogens is 304 g/mol. The van der Waals surface area contributed by atoms with Gasteiger partial charge in [0.25, 0.3) is 0 Å². The third-order valence-electron chi connectivity index (χ3n) is 3.68. The van der Waals surface area contributed by atoms with Gasteiger partial charge in [0.1, 0.15) is 12.9 Å². The maximum absolute atomic E-state index is 12.0. The minimum atomic E-state index is -0.0849. The van der Waals surface area contributed by atoms with E-state index in [2.05, 4.69) is 25.7 Å². The quantitative estimate of drug-likeness (QED) is 0.913. The van der Waals surface area contributed by atoms with E-state index in [9.17, 15) is 4.79 Å². The molecule has 1 aliphatic rings. The molecule has 0 bridgehead atoms. The lowest BCUT2D eigenvalue weighted by atomic mass is 10.0. The van der Waals surface area contributed by atoms with E-state index in [1.54, 1.807) is 0 Å². The highest BCUT2D eigenvalue weighted by molar-refractivity contribution is 6.33. The van der Waals surface area contributed by atoms with Crippen molar-refractivity contribution >= 4 is 23.2 Å². The van der Waals surface area contributed by atoms with Crippen LogP contribution in [0.3, 0.4) is 0 Å². The Labute approximate surface area is 133 Å². The van der Waals surface area contributed by atoms with Crippen molar-refractivity contribution in [1.29, 1.82) is 0 Å². The minimum absolute atomic E-state index is 0.0849. The van der Waals surface area contributed by atoms with Gasteiger partial charge in [0.15, 0.2) is 0 Å². The molecule has 1 aromatic heterocycles. The monoisotopic (exact) mass is 320 g/mol. The summed E-state index contributed by atoms with van der Waals surface area (Å²) in [5.41, 5.74) is 1.02. The Morgan fingerprint density at radius 2 is 2.27 bits per heavy atom. The summed E-state index contributed by atoms with van der Waals surface area (Å²) in [7, 11) is 0. The molecule has 1 N–H and O–H groups in total. The molecule has 1 aromatic carbocycles. The number of nitrogens with one attached hydrogen (secondary N) is 1. The fourth-order valence-electron chi connectivity index (χ4n) is 2.70. The lowest BCUT2D eigenvalue weighted by Crippen LogP contribution is -2.48. The first-order valence-corrected chi connectivity index (χ1v) is 7.60. The topological polar surface area (TPSA) is 75.9 Å². The van der Waals surface area contributed by atoms with E-state index in [0.29, 0.717) is 0 Å². The second-order valence-corrected chi connectivity index (χ2v) is 5.72. The molecule has 0 aliphatic carbocycles. The first-order chi connectivity index (χ1) is 10.7. The molecule has 1 saturated heterocycles. The number of rotatable bonds is 4. The summed E-state index contributed by atoms with van der Waals surface area (Å²) >= 11 is 6.25. The largest absolute Gasteiger partial charge is 0.368 e. The van der Waals surface area contributed by atoms with Gasteiger partial charge in [0.2, 0.25) is 5.91 Å². The van der Waals surface area contributed by atoms with Gasteiger partial charge in [-0.2, -0.15) is 0 Å². The van der Waals surface area contributed by atoms with Crippen molar-refractivity contribution < 1.29 is 4.79 Å². The molecule has 3 rings (SSSR count). The van der Waals surface area contributed by atoms with Crippen LogP contribution in [0.4, 0.5) is 5.69 Å². The van der Waals surface area contributed by atoms with Crippen LogP contribution in [0.5, 0.6) is 0 Å². The number of halogens is 1. The van der Waals surface area contributed by atoms with Crippen LogP contribution in [0.2, 0.25) is 5.02 Å². The molecule has 8 heteroatoms. The van der Waals surface area contributed by atoms with Gasteiger partial charge < -0.3 is 10.2 Å². The van der Waals surface area contributed by atoms with E-state index in [1.807, 2.05) is 24.3 Å². The Morgan fingerprint density at radius 1 is 1.41 bits per heavy atom. The van der Waals surface area contributed by atoms with Crippen LogP contribution in [0.25, 0.3) is 0 Å². The summed E-state index contributed by atoms with van der Waals surface area (Å²) in [6, 6.07) is 7.89. The standard InChI is InChI=1S/C14H17ClN6O/c15-12-5-1-2-6-13(12)20-7-3-4-11(8-20)17-14(22)9-21-10-16-18-19-21/h1-2,5-6,10-11H,3-4,7-9H2,(H,17,22)/t11-/m1/s1. The third-order valence-corrected chi connectivity index (χ3v) is 4.00. The van der Waals surface area contributed by atoms with Crippen molar-refractivity contribution in [3.63, 3.8) is 0 Å². The Hall–Kier alpha value is -2.15. The molecular formula is C14H17ClN6O. The van der Waals surface area contributed by atoms with Crippen LogP contribution in [-0.2, 0) is 11.3 Å². The van der Waals surface area contributed by atoms with Gasteiger partial charge in [0, 0.05) is 19.1 Å². The van der Waals surface area contributed by atoms with Gasteiger partial charge in [-0.1, -0.05) is 23.7 Å². The van der Waals surface area contributed by atoms with Crippen molar-refractivity contribution in [2.75, 3.05) is 18.0 Å². The smallest absolute Gasteiger partial charge is 0.242 e. The number of piperidine rings is 1. The van der Waals surface area contributed by atoms with Crippen LogP contribution in [-0.4, -0.2) is 45.2 Å². The summed E-state index contributed by atoms with van der Waals surface area (Å²) in [5, 5.41) is 14.5. The molecule has 2 heterocycles. The Bertz CT molecular complexity index is 632. The number of hydrogen-bond donors (Lipinski definition) is 1. The lowest BCUT2D eigenvalue weighted by molar-refractivity contribution is -0.122. The Kier molecular flexibility index (Phi) is 4.53. The first kappa shape index (κ1) is 14.8. The maximum atomic E-state index is 12.0. The number of hydrogen-bond acceptors (Lipinski definition) is 5. The van der Waals surface area contributed by atoms with Crippen molar-refractivity contribution in [2.45, 2.75) is 25.4 Å². The van der Waals surface area contributed by atoms with Crippen LogP contribution in [0.15, 0.2) is 30.6 Å². The summed E-state index contributed by atoms with van der Waals surface area (Å²) in [5.74, 6) is -0.0849. The van der Waals surface area contributed by atoms with E-state index in [0.717, 1.165) is 36.6 Å². The second kappa shape index (κ2) is 6.74. The number of carbonyl (C=O) groups is 1. The van der Waals surface area contributed by atoms with Crippen molar-refractivity contribution in [3.05, 3.63) is 35.6 Å². The zero-order valence-electron chi connectivity index (χ0n) is 12.0. The molecule has 0 saturated carbocycles. The molecule has 116 valence electrons. The van der Waals surface area contributed by atoms with Gasteiger partial charge in [-0.3, -0.25) is 4.79 Å². The zero-order valence-corrected chi connectivity index (χ0v) is 12.8. The molecule has 0 unspecified atom stereocenters. The number of tetrazole rings is 1. The fourth-order valence-corrected chi connectivity index (χ4v) is 2.95. The summed E-state index contributed by atoms with van der Waals surface area (Å²) in [6.45, 7) is 1.84. The highest BCUT2D eigenvalue weighted by Gasteiger charge is 2.22. The van der Waals surface area contributed by atoms with Crippen LogP contribution in [0.1, 0.15) is 12.8 Å². The Morgan fingerprint density at radius 3 is 3.05 bits per heavy atom. The van der Waals surface area contributed by atoms with Gasteiger partial charge >= 0.3 is 0 Å². The van der Waals surface area contributed by atoms with E-state index in [1.165, 1.54) is 11.0 Å². The van der Waals surface area contributed by atoms with Crippen molar-refractivity contribution in [2.24, 2.45) is 0 Å². The number of anilines is 1. The van der Waals surface area contributed by atoms with Crippen LogP contribution in [0, 0.1) is 0 Å². The normalized spacial score (nSPS) is 18.2. The number of carbonyl (C=O) groups excluding carboxylic acids is 1. The number of nitrogens with zero attached hydrogens (tertiary/aromatic N) is 5. The SMILES string of the molecule is O=C(Cn1cnnn1)N[C@@H]1CCCN(c2ccccc2Cl)C1. The van der Waals surface area contributed by atoms with Gasteiger partial charge in [-0.15, -0.1) is 5.10 Å². The third kappa shape index (κ3) is 3.54. The van der Waals surface area contributed by atoms with Crippen molar-refractivity contribution in [3.8, 4) is 0 Å². The average Bonchev–Trinajstić information content (AvgIpc) is 3.00. The summed E-state index contributed by atoms with van der Waals surface area (Å²) < 4.78 is 1.41. The number of amides is 1. The maximum Gasteiger partial charge on any atom is 0.242 e. The second-order valence-electron chi connectivity index (χ2n) is 5.31. The summed E-state index contributed by atoms with van der Waals surface area (Å²) in [6.07, 6.45) is 3.40. The van der Waals surface area contributed by atoms with Crippen LogP contribution < -0.4 is 10.2 Å². The lowest BCUT2D eigenvalue weighted by Gasteiger charge is -2.35. The highest BCUT2D eigenvalue weighted by atomic mass is 35.5. The van der Waals surface area contributed by atoms with E-state index >= 15 is 0 Å². The van der Waals surface area contributed by atoms with Crippen molar-refractivity contribution in [1.82, 2.24) is 25.5 Å². The van der Waals surface area contributed by atoms with E-state index in [4.69, 9.17) is 11.6 Å². The van der Waals surface area contributed by atoms with Gasteiger partial charge in [-0.25, -0.2) is 4.68 Å². The number of aromatic nitrogens is 4. The van der Waals surface area contributed by atoms with Gasteiger partial charge in [-0.05, 0) is 35.4 Å². The molecule has 22 heavy (non-hydrogen) atoms. The number of para-hydroxylation sites is 1. The molecule has 0 radical (unpaired) electrons. The molecule has 0 spiro atoms. The molecule has 7 nitrogen and oxygen atoms in total. The van der Waals surface area contributed by atoms with E-state index < -0.39 is 0 Å². The van der Waals surface area contributed by atoms with Crippen LogP contribution >= 0.6 is 11.6 Å². The molecule has 1 atom stereocenters. The van der Waals surface area contributed by atoms with E-state index in [-0.39, 0.29) is 18.5 Å². The zero-order chi connectivity index (χ0) is 15.4. The molecule has 1 aliphatic heterocycles. The molecule has 2 aromatic rings. The first-order valence-electron chi connectivity index (χ1n) is 7.22. The molecule has 1 amide bonds. The number of benzene rings is 1. The predicted molar refractivity (Wildman–Crippen MR) is 82.6 cm³/mol. The fraction of sp³-hybridized carbons (Fsp3) is 0.429. The predicted octanol–water partition coefficient (Wildman–Crippen LogP) is 1.11. The Balaban J connectivity index is 1.59. The molecule has 1 fully saturated rings. The highest BCUT2D eigenvalue weighted by Crippen LogP contribution is 2.27. The minimum Gasteiger partial charge on any atom is -0.368 e.